The van der Waals surface area contributed by atoms with Crippen molar-refractivity contribution >= 4 is 15.9 Å². The van der Waals surface area contributed by atoms with Gasteiger partial charge in [-0.25, -0.2) is 0 Å². The Labute approximate surface area is 100.0 Å². The van der Waals surface area contributed by atoms with Crippen LogP contribution < -0.4 is 4.74 Å². The zero-order valence-corrected chi connectivity index (χ0v) is 10.2. The van der Waals surface area contributed by atoms with Crippen LogP contribution in [-0.2, 0) is 5.33 Å². The molecule has 90 valence electrons. The van der Waals surface area contributed by atoms with Crippen molar-refractivity contribution in [3.63, 3.8) is 0 Å². The topological polar surface area (TPSA) is 22.1 Å². The van der Waals surface area contributed by atoms with Gasteiger partial charge < -0.3 is 4.74 Å². The van der Waals surface area contributed by atoms with E-state index < -0.39 is 12.6 Å². The van der Waals surface area contributed by atoms with E-state index in [1.165, 1.54) is 0 Å². The number of hydrogen-bond donors (Lipinski definition) is 0. The zero-order valence-electron chi connectivity index (χ0n) is 8.64. The van der Waals surface area contributed by atoms with E-state index in [9.17, 15) is 13.2 Å². The number of alkyl halides is 4. The quantitative estimate of drug-likeness (QED) is 0.792. The van der Waals surface area contributed by atoms with Crippen LogP contribution in [0.2, 0.25) is 0 Å². The molecule has 1 aromatic heterocycles. The first-order chi connectivity index (χ1) is 7.42. The Kier molecular flexibility index (Phi) is 4.58. The lowest BCUT2D eigenvalue weighted by molar-refractivity contribution is -0.139. The first-order valence-corrected chi connectivity index (χ1v) is 5.76. The molecule has 0 radical (unpaired) electrons. The molecule has 0 N–H and O–H groups in total. The number of aromatic nitrogens is 1. The van der Waals surface area contributed by atoms with Gasteiger partial charge in [-0.3, -0.25) is 4.98 Å². The molecule has 2 nitrogen and oxygen atoms in total. The number of pyridine rings is 1. The van der Waals surface area contributed by atoms with Crippen molar-refractivity contribution in [3.05, 3.63) is 23.5 Å². The van der Waals surface area contributed by atoms with Gasteiger partial charge in [-0.05, 0) is 19.1 Å². The molecule has 6 heteroatoms. The van der Waals surface area contributed by atoms with E-state index in [-0.39, 0.29) is 6.61 Å². The molecule has 16 heavy (non-hydrogen) atoms. The molecule has 0 saturated carbocycles. The Bertz CT molecular complexity index is 354. The van der Waals surface area contributed by atoms with E-state index in [1.807, 2.05) is 6.92 Å². The molecule has 1 rings (SSSR count). The van der Waals surface area contributed by atoms with Crippen molar-refractivity contribution in [1.82, 2.24) is 4.98 Å². The average Bonchev–Trinajstić information content (AvgIpc) is 2.18. The van der Waals surface area contributed by atoms with Gasteiger partial charge >= 0.3 is 6.18 Å². The summed E-state index contributed by atoms with van der Waals surface area (Å²) in [5.41, 5.74) is 1.42. The fraction of sp³-hybridized carbons (Fsp3) is 0.500. The Morgan fingerprint density at radius 2 is 2.06 bits per heavy atom. The standard InChI is InChI=1S/C10H11BrF3NO/c1-7-2-3-9(8(6-11)15-7)16-5-4-10(12,13)14/h2-3H,4-6H2,1H3. The van der Waals surface area contributed by atoms with Crippen molar-refractivity contribution in [1.29, 1.82) is 0 Å². The van der Waals surface area contributed by atoms with Gasteiger partial charge in [0.25, 0.3) is 0 Å². The largest absolute Gasteiger partial charge is 0.491 e. The van der Waals surface area contributed by atoms with Crippen LogP contribution in [0.5, 0.6) is 5.75 Å². The lowest BCUT2D eigenvalue weighted by Crippen LogP contribution is -2.13. The lowest BCUT2D eigenvalue weighted by Gasteiger charge is -2.11. The minimum absolute atomic E-state index is 0.381. The third-order valence-corrected chi connectivity index (χ3v) is 2.37. The van der Waals surface area contributed by atoms with Gasteiger partial charge in [-0.2, -0.15) is 13.2 Å². The van der Waals surface area contributed by atoms with E-state index in [0.717, 1.165) is 5.69 Å². The molecule has 0 unspecified atom stereocenters. The van der Waals surface area contributed by atoms with Gasteiger partial charge in [0.1, 0.15) is 5.75 Å². The van der Waals surface area contributed by atoms with Crippen LogP contribution in [0.3, 0.4) is 0 Å². The molecule has 1 heterocycles. The Hall–Kier alpha value is -0.780. The summed E-state index contributed by atoms with van der Waals surface area (Å²) in [5, 5.41) is 0.454. The molecule has 0 aromatic carbocycles. The molecule has 0 saturated heterocycles. The molecule has 0 bridgehead atoms. The maximum atomic E-state index is 11.9. The van der Waals surface area contributed by atoms with Crippen LogP contribution in [0.15, 0.2) is 12.1 Å². The molecule has 0 atom stereocenters. The molecule has 0 aliphatic rings. The summed E-state index contributed by atoms with van der Waals surface area (Å²) < 4.78 is 40.7. The highest BCUT2D eigenvalue weighted by Gasteiger charge is 2.27. The first kappa shape index (κ1) is 13.3. The van der Waals surface area contributed by atoms with Gasteiger partial charge in [-0.15, -0.1) is 0 Å². The van der Waals surface area contributed by atoms with Gasteiger partial charge in [0.15, 0.2) is 0 Å². The average molecular weight is 298 g/mol. The number of ether oxygens (including phenoxy) is 1. The maximum absolute atomic E-state index is 11.9. The number of nitrogens with zero attached hydrogens (tertiary/aromatic N) is 1. The first-order valence-electron chi connectivity index (χ1n) is 4.64. The van der Waals surface area contributed by atoms with Crippen molar-refractivity contribution in [2.24, 2.45) is 0 Å². The summed E-state index contributed by atoms with van der Waals surface area (Å²) in [4.78, 5) is 4.15. The minimum atomic E-state index is -4.19. The number of hydrogen-bond acceptors (Lipinski definition) is 2. The molecule has 0 spiro atoms. The van der Waals surface area contributed by atoms with E-state index in [1.54, 1.807) is 12.1 Å². The van der Waals surface area contributed by atoms with E-state index in [4.69, 9.17) is 4.74 Å². The van der Waals surface area contributed by atoms with E-state index >= 15 is 0 Å². The summed E-state index contributed by atoms with van der Waals surface area (Å²) in [5.74, 6) is 0.395. The summed E-state index contributed by atoms with van der Waals surface area (Å²) in [6.07, 6.45) is -5.14. The van der Waals surface area contributed by atoms with Crippen molar-refractivity contribution in [3.8, 4) is 5.75 Å². The second-order valence-electron chi connectivity index (χ2n) is 3.24. The highest BCUT2D eigenvalue weighted by Crippen LogP contribution is 2.23. The second kappa shape index (κ2) is 5.52. The Balaban J connectivity index is 2.60. The Morgan fingerprint density at radius 1 is 1.38 bits per heavy atom. The number of rotatable bonds is 4. The maximum Gasteiger partial charge on any atom is 0.392 e. The summed E-state index contributed by atoms with van der Waals surface area (Å²) in [7, 11) is 0. The van der Waals surface area contributed by atoms with Gasteiger partial charge in [-0.1, -0.05) is 15.9 Å². The second-order valence-corrected chi connectivity index (χ2v) is 3.81. The third kappa shape index (κ3) is 4.38. The smallest absolute Gasteiger partial charge is 0.392 e. The predicted octanol–water partition coefficient (Wildman–Crippen LogP) is 3.62. The fourth-order valence-corrected chi connectivity index (χ4v) is 1.50. The molecular weight excluding hydrogens is 287 g/mol. The van der Waals surface area contributed by atoms with Crippen LogP contribution >= 0.6 is 15.9 Å². The van der Waals surface area contributed by atoms with Crippen LogP contribution in [0.25, 0.3) is 0 Å². The molecule has 0 aliphatic carbocycles. The van der Waals surface area contributed by atoms with Crippen molar-refractivity contribution in [2.75, 3.05) is 6.61 Å². The number of halogens is 4. The number of aryl methyl sites for hydroxylation is 1. The zero-order chi connectivity index (χ0) is 12.2. The molecule has 1 aromatic rings. The summed E-state index contributed by atoms with van der Waals surface area (Å²) in [6.45, 7) is 1.43. The normalized spacial score (nSPS) is 11.6. The van der Waals surface area contributed by atoms with Gasteiger partial charge in [0.05, 0.1) is 18.7 Å². The van der Waals surface area contributed by atoms with Crippen LogP contribution in [-0.4, -0.2) is 17.8 Å². The van der Waals surface area contributed by atoms with E-state index in [0.29, 0.717) is 16.8 Å². The minimum Gasteiger partial charge on any atom is -0.491 e. The van der Waals surface area contributed by atoms with Gasteiger partial charge in [0.2, 0.25) is 0 Å². The van der Waals surface area contributed by atoms with Crippen molar-refractivity contribution < 1.29 is 17.9 Å². The van der Waals surface area contributed by atoms with Gasteiger partial charge in [0, 0.05) is 11.0 Å². The van der Waals surface area contributed by atoms with E-state index in [2.05, 4.69) is 20.9 Å². The summed E-state index contributed by atoms with van der Waals surface area (Å²) >= 11 is 3.21. The summed E-state index contributed by atoms with van der Waals surface area (Å²) in [6, 6.07) is 3.34. The highest BCUT2D eigenvalue weighted by atomic mass is 79.9. The molecule has 0 fully saturated rings. The third-order valence-electron chi connectivity index (χ3n) is 1.84. The van der Waals surface area contributed by atoms with Crippen LogP contribution in [0.1, 0.15) is 17.8 Å². The SMILES string of the molecule is Cc1ccc(OCCC(F)(F)F)c(CBr)n1. The van der Waals surface area contributed by atoms with Crippen LogP contribution in [0, 0.1) is 6.92 Å². The highest BCUT2D eigenvalue weighted by molar-refractivity contribution is 9.08. The molecule has 0 amide bonds. The Morgan fingerprint density at radius 3 is 2.62 bits per heavy atom. The fourth-order valence-electron chi connectivity index (χ4n) is 1.10. The molecule has 0 aliphatic heterocycles. The van der Waals surface area contributed by atoms with Crippen LogP contribution in [0.4, 0.5) is 13.2 Å². The molecular formula is C10H11BrF3NO. The monoisotopic (exact) mass is 297 g/mol. The van der Waals surface area contributed by atoms with Crippen molar-refractivity contribution in [2.45, 2.75) is 24.9 Å². The lowest BCUT2D eigenvalue weighted by atomic mass is 10.3. The predicted molar refractivity (Wildman–Crippen MR) is 57.8 cm³/mol.